The van der Waals surface area contributed by atoms with E-state index in [1.165, 1.54) is 16.2 Å². The Balaban J connectivity index is 1.43. The number of fused-ring (bicyclic) bond motifs is 1. The number of rotatable bonds is 8. The van der Waals surface area contributed by atoms with Crippen molar-refractivity contribution in [3.8, 4) is 0 Å². The first-order chi connectivity index (χ1) is 15.9. The summed E-state index contributed by atoms with van der Waals surface area (Å²) in [6.07, 6.45) is 3.89. The summed E-state index contributed by atoms with van der Waals surface area (Å²) < 4.78 is 4.93. The molecule has 3 aromatic rings. The maximum absolute atomic E-state index is 13.3. The summed E-state index contributed by atoms with van der Waals surface area (Å²) in [4.78, 5) is 41.0. The van der Waals surface area contributed by atoms with Gasteiger partial charge in [0.15, 0.2) is 11.6 Å². The fourth-order valence-corrected chi connectivity index (χ4v) is 5.25. The van der Waals surface area contributed by atoms with Crippen molar-refractivity contribution in [2.45, 2.75) is 32.6 Å². The van der Waals surface area contributed by atoms with E-state index in [1.807, 2.05) is 18.2 Å². The number of benzene rings is 1. The van der Waals surface area contributed by atoms with Crippen LogP contribution in [0.4, 0.5) is 10.8 Å². The number of anilines is 2. The largest absolute Gasteiger partial charge is 0.360 e. The van der Waals surface area contributed by atoms with Gasteiger partial charge < -0.3 is 15.2 Å². The van der Waals surface area contributed by atoms with E-state index in [0.717, 1.165) is 31.2 Å². The summed E-state index contributed by atoms with van der Waals surface area (Å²) in [5, 5.41) is 9.89. The van der Waals surface area contributed by atoms with Gasteiger partial charge in [0, 0.05) is 16.5 Å². The van der Waals surface area contributed by atoms with Gasteiger partial charge in [-0.3, -0.25) is 19.3 Å². The first-order valence-corrected chi connectivity index (χ1v) is 11.7. The number of ketones is 1. The van der Waals surface area contributed by atoms with Crippen LogP contribution >= 0.6 is 11.3 Å². The maximum atomic E-state index is 13.3. The van der Waals surface area contributed by atoms with Crippen molar-refractivity contribution in [2.24, 2.45) is 0 Å². The molecule has 0 spiro atoms. The van der Waals surface area contributed by atoms with E-state index in [0.29, 0.717) is 27.7 Å². The highest BCUT2D eigenvalue weighted by Gasteiger charge is 2.27. The lowest BCUT2D eigenvalue weighted by molar-refractivity contribution is -0.119. The predicted octanol–water partition coefficient (Wildman–Crippen LogP) is 3.66. The zero-order valence-corrected chi connectivity index (χ0v) is 19.5. The zero-order valence-electron chi connectivity index (χ0n) is 18.6. The van der Waals surface area contributed by atoms with Crippen molar-refractivity contribution in [2.75, 3.05) is 30.8 Å². The lowest BCUT2D eigenvalue weighted by Crippen LogP contribution is -2.36. The number of aromatic nitrogens is 1. The monoisotopic (exact) mass is 466 g/mol. The van der Waals surface area contributed by atoms with Crippen LogP contribution in [-0.2, 0) is 22.4 Å². The number of nitrogens with one attached hydrogen (secondary N) is 2. The number of nitrogens with zero attached hydrogens (tertiary/aromatic N) is 2. The number of hydrogen-bond donors (Lipinski definition) is 2. The molecule has 0 aliphatic heterocycles. The molecule has 2 N–H and O–H groups in total. The third-order valence-electron chi connectivity index (χ3n) is 5.41. The van der Waals surface area contributed by atoms with Gasteiger partial charge >= 0.3 is 0 Å². The van der Waals surface area contributed by atoms with Gasteiger partial charge in [0.1, 0.15) is 10.8 Å². The molecule has 9 heteroatoms. The van der Waals surface area contributed by atoms with Gasteiger partial charge in [-0.25, -0.2) is 0 Å². The normalized spacial score (nSPS) is 12.9. The summed E-state index contributed by atoms with van der Waals surface area (Å²) in [5.74, 6) is 0.287. The van der Waals surface area contributed by atoms with Crippen LogP contribution in [0.2, 0.25) is 0 Å². The SMILES string of the molecule is Cc1cc(NC(=O)CN(C)CC(=O)Nc2sc3c(c2C(=O)c2ccccc2)CCCC3)no1. The molecule has 2 aromatic heterocycles. The van der Waals surface area contributed by atoms with E-state index in [1.54, 1.807) is 37.1 Å². The fraction of sp³-hybridized carbons (Fsp3) is 0.333. The van der Waals surface area contributed by atoms with Crippen LogP contribution in [0.15, 0.2) is 40.9 Å². The fourth-order valence-electron chi connectivity index (χ4n) is 3.95. The van der Waals surface area contributed by atoms with Crippen molar-refractivity contribution in [1.82, 2.24) is 10.1 Å². The van der Waals surface area contributed by atoms with Crippen LogP contribution in [0.1, 0.15) is 45.0 Å². The molecule has 2 heterocycles. The summed E-state index contributed by atoms with van der Waals surface area (Å²) in [5.41, 5.74) is 2.28. The second-order valence-corrected chi connectivity index (χ2v) is 9.31. The molecule has 0 bridgehead atoms. The van der Waals surface area contributed by atoms with Crippen molar-refractivity contribution in [1.29, 1.82) is 0 Å². The molecule has 172 valence electrons. The van der Waals surface area contributed by atoms with Gasteiger partial charge in [0.2, 0.25) is 11.8 Å². The van der Waals surface area contributed by atoms with Crippen molar-refractivity contribution in [3.05, 3.63) is 63.7 Å². The molecule has 33 heavy (non-hydrogen) atoms. The minimum absolute atomic E-state index is 0.00674. The van der Waals surface area contributed by atoms with Gasteiger partial charge in [-0.2, -0.15) is 0 Å². The predicted molar refractivity (Wildman–Crippen MR) is 127 cm³/mol. The third-order valence-corrected chi connectivity index (χ3v) is 6.62. The molecule has 2 amide bonds. The van der Waals surface area contributed by atoms with Gasteiger partial charge in [-0.05, 0) is 45.2 Å². The molecular formula is C24H26N4O4S. The molecular weight excluding hydrogens is 440 g/mol. The van der Waals surface area contributed by atoms with Crippen LogP contribution in [0.3, 0.4) is 0 Å². The summed E-state index contributed by atoms with van der Waals surface area (Å²) in [7, 11) is 1.68. The van der Waals surface area contributed by atoms with E-state index in [2.05, 4.69) is 15.8 Å². The average Bonchev–Trinajstić information content (AvgIpc) is 3.35. The quantitative estimate of drug-likeness (QED) is 0.491. The van der Waals surface area contributed by atoms with Crippen molar-refractivity contribution in [3.63, 3.8) is 0 Å². The highest BCUT2D eigenvalue weighted by molar-refractivity contribution is 7.17. The molecule has 1 aliphatic carbocycles. The second-order valence-electron chi connectivity index (χ2n) is 8.20. The molecule has 1 aliphatic rings. The number of aryl methyl sites for hydroxylation is 2. The molecule has 0 atom stereocenters. The molecule has 0 radical (unpaired) electrons. The number of thiophene rings is 1. The molecule has 0 saturated heterocycles. The first-order valence-electron chi connectivity index (χ1n) is 10.9. The first kappa shape index (κ1) is 22.9. The molecule has 0 unspecified atom stereocenters. The Labute approximate surface area is 196 Å². The zero-order chi connectivity index (χ0) is 23.4. The highest BCUT2D eigenvalue weighted by atomic mass is 32.1. The highest BCUT2D eigenvalue weighted by Crippen LogP contribution is 2.39. The smallest absolute Gasteiger partial charge is 0.239 e. The molecule has 4 rings (SSSR count). The summed E-state index contributed by atoms with van der Waals surface area (Å²) in [6.45, 7) is 1.75. The van der Waals surface area contributed by atoms with Crippen LogP contribution in [0.25, 0.3) is 0 Å². The number of carbonyl (C=O) groups is 3. The van der Waals surface area contributed by atoms with Crippen LogP contribution < -0.4 is 10.6 Å². The molecule has 0 saturated carbocycles. The Kier molecular flexibility index (Phi) is 7.00. The van der Waals surface area contributed by atoms with E-state index in [9.17, 15) is 14.4 Å². The maximum Gasteiger partial charge on any atom is 0.239 e. The van der Waals surface area contributed by atoms with E-state index in [4.69, 9.17) is 4.52 Å². The van der Waals surface area contributed by atoms with Crippen molar-refractivity contribution >= 4 is 39.8 Å². The van der Waals surface area contributed by atoms with E-state index >= 15 is 0 Å². The molecule has 8 nitrogen and oxygen atoms in total. The Hall–Kier alpha value is -3.30. The number of hydrogen-bond acceptors (Lipinski definition) is 7. The average molecular weight is 467 g/mol. The van der Waals surface area contributed by atoms with Crippen LogP contribution in [0.5, 0.6) is 0 Å². The summed E-state index contributed by atoms with van der Waals surface area (Å²) in [6, 6.07) is 10.8. The number of carbonyl (C=O) groups excluding carboxylic acids is 3. The Bertz CT molecular complexity index is 1170. The number of likely N-dealkylation sites (N-methyl/N-ethyl adjacent to an activating group) is 1. The van der Waals surface area contributed by atoms with Gasteiger partial charge in [0.25, 0.3) is 0 Å². The van der Waals surface area contributed by atoms with Crippen LogP contribution in [0, 0.1) is 6.92 Å². The van der Waals surface area contributed by atoms with Gasteiger partial charge in [-0.15, -0.1) is 11.3 Å². The topological polar surface area (TPSA) is 105 Å². The third kappa shape index (κ3) is 5.55. The lowest BCUT2D eigenvalue weighted by Gasteiger charge is -2.16. The minimum Gasteiger partial charge on any atom is -0.360 e. The lowest BCUT2D eigenvalue weighted by atomic mass is 9.92. The van der Waals surface area contributed by atoms with Gasteiger partial charge in [-0.1, -0.05) is 35.5 Å². The number of amides is 2. The Morgan fingerprint density at radius 3 is 2.45 bits per heavy atom. The van der Waals surface area contributed by atoms with Crippen molar-refractivity contribution < 1.29 is 18.9 Å². The second kappa shape index (κ2) is 10.1. The Morgan fingerprint density at radius 2 is 1.76 bits per heavy atom. The molecule has 1 aromatic carbocycles. The van der Waals surface area contributed by atoms with Crippen LogP contribution in [-0.4, -0.2) is 47.8 Å². The Morgan fingerprint density at radius 1 is 1.06 bits per heavy atom. The van der Waals surface area contributed by atoms with E-state index in [-0.39, 0.29) is 30.7 Å². The minimum atomic E-state index is -0.301. The molecule has 0 fully saturated rings. The van der Waals surface area contributed by atoms with Gasteiger partial charge in [0.05, 0.1) is 18.7 Å². The standard InChI is InChI=1S/C24H26N4O4S/c1-15-12-19(27-32-15)25-20(29)13-28(2)14-21(30)26-24-22(17-10-6-7-11-18(17)33-24)23(31)16-8-4-3-5-9-16/h3-5,8-9,12H,6-7,10-11,13-14H2,1-2H3,(H,26,30)(H,25,27,29). The summed E-state index contributed by atoms with van der Waals surface area (Å²) >= 11 is 1.49. The van der Waals surface area contributed by atoms with E-state index < -0.39 is 0 Å².